The molecule has 1 heteroatoms. The Kier molecular flexibility index (Phi) is 26.2. The molecule has 0 amide bonds. The summed E-state index contributed by atoms with van der Waals surface area (Å²) in [5, 5.41) is 3.54. The lowest BCUT2D eigenvalue weighted by atomic mass is 10.1. The fraction of sp³-hybridized carbons (Fsp3) is 0.800. The van der Waals surface area contributed by atoms with Gasteiger partial charge in [-0.15, -0.1) is 6.58 Å². The normalized spacial score (nSPS) is 11.3. The smallest absolute Gasteiger partial charge is 0.0143 e. The van der Waals surface area contributed by atoms with Crippen molar-refractivity contribution in [3.8, 4) is 0 Å². The van der Waals surface area contributed by atoms with Crippen LogP contribution in [0.25, 0.3) is 0 Å². The van der Waals surface area contributed by atoms with E-state index in [0.717, 1.165) is 13.0 Å². The Labute approximate surface area is 197 Å². The highest BCUT2D eigenvalue weighted by Crippen LogP contribution is 2.12. The maximum Gasteiger partial charge on any atom is 0.0143 e. The number of unbranched alkanes of at least 4 members (excludes halogenated alkanes) is 18. The average Bonchev–Trinajstić information content (AvgIpc) is 2.77. The molecule has 0 aromatic rings. The Morgan fingerprint density at radius 3 is 1.58 bits per heavy atom. The first-order valence-electron chi connectivity index (χ1n) is 14.0. The van der Waals surface area contributed by atoms with Gasteiger partial charge in [-0.25, -0.2) is 0 Å². The summed E-state index contributed by atoms with van der Waals surface area (Å²) in [6, 6.07) is 0. The fourth-order valence-electron chi connectivity index (χ4n) is 4.06. The molecule has 0 aliphatic heterocycles. The van der Waals surface area contributed by atoms with Crippen LogP contribution in [0.2, 0.25) is 0 Å². The van der Waals surface area contributed by atoms with Crippen molar-refractivity contribution in [2.45, 2.75) is 148 Å². The summed E-state index contributed by atoms with van der Waals surface area (Å²) in [7, 11) is 0. The Balaban J connectivity index is 3.20. The third kappa shape index (κ3) is 27.0. The van der Waals surface area contributed by atoms with Crippen LogP contribution < -0.4 is 5.32 Å². The molecule has 0 aliphatic rings. The minimum Gasteiger partial charge on any atom is -0.389 e. The molecule has 0 aromatic carbocycles. The average molecular weight is 432 g/mol. The van der Waals surface area contributed by atoms with Crippen molar-refractivity contribution in [3.05, 3.63) is 37.1 Å². The number of allylic oxidation sites excluding steroid dienone is 4. The first kappa shape index (κ1) is 30.0. The summed E-state index contributed by atoms with van der Waals surface area (Å²) in [5.41, 5.74) is 1.25. The minimum atomic E-state index is 1.11. The minimum absolute atomic E-state index is 1.11. The maximum absolute atomic E-state index is 4.21. The Bertz CT molecular complexity index is 395. The second-order valence-corrected chi connectivity index (χ2v) is 9.42. The standard InChI is InChI=1S/C30H57N/c1-4-6-8-10-12-14-15-16-17-18-19-20-22-24-26-28-30(3)31-29-27-25-23-21-13-11-9-7-5-2/h5,16-17,31H,2-4,6-15,18-29H2,1H3/b17-16-. The van der Waals surface area contributed by atoms with Gasteiger partial charge in [0, 0.05) is 12.2 Å². The van der Waals surface area contributed by atoms with Crippen molar-refractivity contribution in [2.24, 2.45) is 0 Å². The number of rotatable bonds is 26. The van der Waals surface area contributed by atoms with Crippen molar-refractivity contribution in [1.29, 1.82) is 0 Å². The lowest BCUT2D eigenvalue weighted by Crippen LogP contribution is -2.13. The van der Waals surface area contributed by atoms with E-state index in [0.29, 0.717) is 0 Å². The SMILES string of the molecule is C=CCCCCCCCCCNC(=C)CCCCCCC/C=C\CCCCCCCC. The molecule has 1 nitrogen and oxygen atoms in total. The van der Waals surface area contributed by atoms with Crippen molar-refractivity contribution >= 4 is 0 Å². The summed E-state index contributed by atoms with van der Waals surface area (Å²) >= 11 is 0. The molecule has 0 rings (SSSR count). The molecule has 0 aromatic heterocycles. The van der Waals surface area contributed by atoms with Crippen molar-refractivity contribution in [1.82, 2.24) is 5.32 Å². The van der Waals surface area contributed by atoms with Gasteiger partial charge in [0.1, 0.15) is 0 Å². The fourth-order valence-corrected chi connectivity index (χ4v) is 4.06. The van der Waals surface area contributed by atoms with Crippen LogP contribution >= 0.6 is 0 Å². The Morgan fingerprint density at radius 2 is 1.03 bits per heavy atom. The molecule has 0 aliphatic carbocycles. The molecule has 1 N–H and O–H groups in total. The number of hydrogen-bond acceptors (Lipinski definition) is 1. The van der Waals surface area contributed by atoms with Gasteiger partial charge in [-0.05, 0) is 57.8 Å². The monoisotopic (exact) mass is 431 g/mol. The lowest BCUT2D eigenvalue weighted by Gasteiger charge is -2.09. The van der Waals surface area contributed by atoms with Gasteiger partial charge in [-0.2, -0.15) is 0 Å². The molecule has 31 heavy (non-hydrogen) atoms. The molecule has 0 bridgehead atoms. The summed E-state index contributed by atoms with van der Waals surface area (Å²) in [6.45, 7) is 11.4. The Morgan fingerprint density at radius 1 is 0.581 bits per heavy atom. The molecule has 0 heterocycles. The van der Waals surface area contributed by atoms with Crippen LogP contribution in [0.15, 0.2) is 37.1 Å². The van der Waals surface area contributed by atoms with E-state index < -0.39 is 0 Å². The summed E-state index contributed by atoms with van der Waals surface area (Å²) < 4.78 is 0. The van der Waals surface area contributed by atoms with Gasteiger partial charge in [0.05, 0.1) is 0 Å². The quantitative estimate of drug-likeness (QED) is 0.106. The second kappa shape index (κ2) is 27.1. The van der Waals surface area contributed by atoms with E-state index >= 15 is 0 Å². The molecular weight excluding hydrogens is 374 g/mol. The van der Waals surface area contributed by atoms with Crippen LogP contribution in [0, 0.1) is 0 Å². The highest BCUT2D eigenvalue weighted by Gasteiger charge is 1.96. The zero-order valence-electron chi connectivity index (χ0n) is 21.4. The van der Waals surface area contributed by atoms with E-state index in [1.807, 2.05) is 6.08 Å². The second-order valence-electron chi connectivity index (χ2n) is 9.42. The van der Waals surface area contributed by atoms with Gasteiger partial charge in [-0.1, -0.05) is 115 Å². The third-order valence-corrected chi connectivity index (χ3v) is 6.20. The molecule has 0 radical (unpaired) electrons. The predicted molar refractivity (Wildman–Crippen MR) is 144 cm³/mol. The van der Waals surface area contributed by atoms with Crippen LogP contribution in [-0.2, 0) is 0 Å². The van der Waals surface area contributed by atoms with Crippen molar-refractivity contribution in [2.75, 3.05) is 6.54 Å². The van der Waals surface area contributed by atoms with E-state index in [1.165, 1.54) is 141 Å². The van der Waals surface area contributed by atoms with Crippen LogP contribution in [0.4, 0.5) is 0 Å². The van der Waals surface area contributed by atoms with Gasteiger partial charge < -0.3 is 5.32 Å². The topological polar surface area (TPSA) is 12.0 Å². The summed E-state index contributed by atoms with van der Waals surface area (Å²) in [6.07, 6.45) is 36.5. The zero-order chi connectivity index (χ0) is 22.7. The molecule has 0 fully saturated rings. The summed E-state index contributed by atoms with van der Waals surface area (Å²) in [5.74, 6) is 0. The van der Waals surface area contributed by atoms with Gasteiger partial charge in [0.15, 0.2) is 0 Å². The lowest BCUT2D eigenvalue weighted by molar-refractivity contribution is 0.564. The molecule has 0 unspecified atom stereocenters. The van der Waals surface area contributed by atoms with Gasteiger partial charge in [0.2, 0.25) is 0 Å². The zero-order valence-corrected chi connectivity index (χ0v) is 21.4. The van der Waals surface area contributed by atoms with Gasteiger partial charge in [0.25, 0.3) is 0 Å². The number of nitrogens with one attached hydrogen (secondary N) is 1. The third-order valence-electron chi connectivity index (χ3n) is 6.20. The van der Waals surface area contributed by atoms with Gasteiger partial charge >= 0.3 is 0 Å². The van der Waals surface area contributed by atoms with E-state index in [2.05, 4.69) is 37.6 Å². The van der Waals surface area contributed by atoms with E-state index in [1.54, 1.807) is 0 Å². The van der Waals surface area contributed by atoms with E-state index in [9.17, 15) is 0 Å². The van der Waals surface area contributed by atoms with Crippen LogP contribution in [0.5, 0.6) is 0 Å². The Hall–Kier alpha value is -0.980. The maximum atomic E-state index is 4.21. The highest BCUT2D eigenvalue weighted by molar-refractivity contribution is 4.90. The van der Waals surface area contributed by atoms with Crippen LogP contribution in [0.3, 0.4) is 0 Å². The van der Waals surface area contributed by atoms with Crippen LogP contribution in [0.1, 0.15) is 148 Å². The number of hydrogen-bond donors (Lipinski definition) is 1. The predicted octanol–water partition coefficient (Wildman–Crippen LogP) is 10.4. The first-order chi connectivity index (χ1) is 15.3. The molecule has 0 saturated carbocycles. The molecule has 0 atom stereocenters. The van der Waals surface area contributed by atoms with Gasteiger partial charge in [-0.3, -0.25) is 0 Å². The molecule has 0 spiro atoms. The molecular formula is C30H57N. The highest BCUT2D eigenvalue weighted by atomic mass is 14.9. The molecule has 0 saturated heterocycles. The van der Waals surface area contributed by atoms with E-state index in [4.69, 9.17) is 0 Å². The first-order valence-corrected chi connectivity index (χ1v) is 14.0. The van der Waals surface area contributed by atoms with E-state index in [-0.39, 0.29) is 0 Å². The summed E-state index contributed by atoms with van der Waals surface area (Å²) in [4.78, 5) is 0. The van der Waals surface area contributed by atoms with Crippen molar-refractivity contribution < 1.29 is 0 Å². The molecule has 182 valence electrons. The largest absolute Gasteiger partial charge is 0.389 e. The van der Waals surface area contributed by atoms with Crippen molar-refractivity contribution in [3.63, 3.8) is 0 Å². The van der Waals surface area contributed by atoms with Crippen LogP contribution in [-0.4, -0.2) is 6.54 Å².